The second-order valence-electron chi connectivity index (χ2n) is 6.89. The third kappa shape index (κ3) is 3.32. The summed E-state index contributed by atoms with van der Waals surface area (Å²) in [5.74, 6) is 0.864. The third-order valence-electron chi connectivity index (χ3n) is 5.29. The van der Waals surface area contributed by atoms with E-state index in [1.807, 2.05) is 24.3 Å². The van der Waals surface area contributed by atoms with Gasteiger partial charge in [0.05, 0.1) is 18.0 Å². The Morgan fingerprint density at radius 1 is 1.07 bits per heavy atom. The van der Waals surface area contributed by atoms with Gasteiger partial charge in [0.2, 0.25) is 0 Å². The molecule has 4 rings (SSSR count). The first-order chi connectivity index (χ1) is 13.0. The Bertz CT molecular complexity index is 956. The summed E-state index contributed by atoms with van der Waals surface area (Å²) in [7, 11) is -2.16. The molecule has 0 spiro atoms. The smallest absolute Gasteiger partial charge is 0.279 e. The van der Waals surface area contributed by atoms with Crippen molar-refractivity contribution in [3.63, 3.8) is 0 Å². The van der Waals surface area contributed by atoms with Crippen LogP contribution in [0.4, 0.5) is 0 Å². The first-order valence-electron chi connectivity index (χ1n) is 9.02. The molecule has 0 saturated heterocycles. The van der Waals surface area contributed by atoms with E-state index in [9.17, 15) is 8.42 Å². The van der Waals surface area contributed by atoms with Gasteiger partial charge in [-0.1, -0.05) is 30.2 Å². The Balaban J connectivity index is 1.77. The highest BCUT2D eigenvalue weighted by molar-refractivity contribution is 7.89. The van der Waals surface area contributed by atoms with E-state index in [4.69, 9.17) is 16.3 Å². The molecule has 2 unspecified atom stereocenters. The zero-order valence-electron chi connectivity index (χ0n) is 15.0. The Kier molecular flexibility index (Phi) is 4.86. The van der Waals surface area contributed by atoms with Crippen LogP contribution in [-0.2, 0) is 10.0 Å². The minimum atomic E-state index is -3.77. The van der Waals surface area contributed by atoms with E-state index in [0.29, 0.717) is 5.02 Å². The van der Waals surface area contributed by atoms with Crippen LogP contribution in [0.1, 0.15) is 37.3 Å². The summed E-state index contributed by atoms with van der Waals surface area (Å²) in [6.45, 7) is 0. The number of hydrogen-bond acceptors (Lipinski definition) is 4. The molecule has 1 aliphatic carbocycles. The van der Waals surface area contributed by atoms with Crippen LogP contribution >= 0.6 is 11.6 Å². The van der Waals surface area contributed by atoms with Gasteiger partial charge in [0.15, 0.2) is 0 Å². The maximum absolute atomic E-state index is 13.3. The molecule has 7 heteroatoms. The molecule has 0 amide bonds. The average Bonchev–Trinajstić information content (AvgIpc) is 3.09. The molecule has 0 bridgehead atoms. The van der Waals surface area contributed by atoms with Crippen molar-refractivity contribution in [1.29, 1.82) is 0 Å². The molecule has 27 heavy (non-hydrogen) atoms. The van der Waals surface area contributed by atoms with Gasteiger partial charge in [-0.3, -0.25) is 0 Å². The van der Waals surface area contributed by atoms with Gasteiger partial charge >= 0.3 is 0 Å². The lowest BCUT2D eigenvalue weighted by Gasteiger charge is -2.29. The van der Waals surface area contributed by atoms with Crippen LogP contribution in [0, 0.1) is 5.92 Å². The quantitative estimate of drug-likeness (QED) is 0.745. The predicted molar refractivity (Wildman–Crippen MR) is 106 cm³/mol. The topological polar surface area (TPSA) is 59.0 Å². The van der Waals surface area contributed by atoms with E-state index in [2.05, 4.69) is 5.10 Å². The van der Waals surface area contributed by atoms with Crippen molar-refractivity contribution in [1.82, 2.24) is 4.41 Å². The third-order valence-corrected chi connectivity index (χ3v) is 7.21. The van der Waals surface area contributed by atoms with Gasteiger partial charge < -0.3 is 4.74 Å². The molecule has 1 aliphatic heterocycles. The summed E-state index contributed by atoms with van der Waals surface area (Å²) in [4.78, 5) is 0.202. The Labute approximate surface area is 164 Å². The van der Waals surface area contributed by atoms with Gasteiger partial charge in [0.1, 0.15) is 5.75 Å². The maximum atomic E-state index is 13.3. The minimum Gasteiger partial charge on any atom is -0.497 e. The molecule has 0 radical (unpaired) electrons. The van der Waals surface area contributed by atoms with Gasteiger partial charge in [-0.2, -0.15) is 17.9 Å². The summed E-state index contributed by atoms with van der Waals surface area (Å²) in [6.07, 6.45) is 3.94. The molecule has 2 aromatic carbocycles. The van der Waals surface area contributed by atoms with E-state index < -0.39 is 10.0 Å². The first-order valence-corrected chi connectivity index (χ1v) is 10.8. The predicted octanol–water partition coefficient (Wildman–Crippen LogP) is 4.64. The number of halogens is 1. The first kappa shape index (κ1) is 18.3. The zero-order chi connectivity index (χ0) is 19.0. The van der Waals surface area contributed by atoms with E-state index in [-0.39, 0.29) is 16.9 Å². The van der Waals surface area contributed by atoms with E-state index >= 15 is 0 Å². The minimum absolute atomic E-state index is 0.120. The number of sulfonamides is 1. The number of hydrogen-bond donors (Lipinski definition) is 0. The van der Waals surface area contributed by atoms with Crippen LogP contribution in [0.25, 0.3) is 0 Å². The summed E-state index contributed by atoms with van der Waals surface area (Å²) in [5, 5.41) is 5.08. The number of hydrazone groups is 1. The summed E-state index contributed by atoms with van der Waals surface area (Å²) >= 11 is 5.93. The largest absolute Gasteiger partial charge is 0.497 e. The van der Waals surface area contributed by atoms with Gasteiger partial charge in [-0.25, -0.2) is 0 Å². The Morgan fingerprint density at radius 2 is 1.78 bits per heavy atom. The van der Waals surface area contributed by atoms with Crippen molar-refractivity contribution in [2.45, 2.75) is 36.6 Å². The summed E-state index contributed by atoms with van der Waals surface area (Å²) in [5.41, 5.74) is 1.92. The highest BCUT2D eigenvalue weighted by Crippen LogP contribution is 2.45. The lowest BCUT2D eigenvalue weighted by molar-refractivity contribution is 0.307. The molecule has 2 aliphatic rings. The average molecular weight is 405 g/mol. The van der Waals surface area contributed by atoms with Gasteiger partial charge in [-0.15, -0.1) is 0 Å². The van der Waals surface area contributed by atoms with E-state index in [1.54, 1.807) is 19.2 Å². The Hall–Kier alpha value is -2.05. The number of ether oxygens (including phenoxy) is 1. The number of fused-ring (bicyclic) bond motifs is 1. The normalized spacial score (nSPS) is 22.3. The van der Waals surface area contributed by atoms with Crippen molar-refractivity contribution >= 4 is 27.3 Å². The van der Waals surface area contributed by atoms with E-state index in [0.717, 1.165) is 42.7 Å². The standard InChI is InChI=1S/C20H21ClN2O3S/c1-26-16-10-6-14(7-11-16)20-18-4-2-3-5-19(18)22-23(20)27(24,25)17-12-8-15(21)9-13-17/h6-13,18,20H,2-5H2,1H3. The number of benzene rings is 2. The molecule has 5 nitrogen and oxygen atoms in total. The van der Waals surface area contributed by atoms with Crippen LogP contribution in [0.5, 0.6) is 5.75 Å². The number of nitrogens with zero attached hydrogens (tertiary/aromatic N) is 2. The van der Waals surface area contributed by atoms with Crippen LogP contribution in [-0.4, -0.2) is 25.7 Å². The van der Waals surface area contributed by atoms with E-state index in [1.165, 1.54) is 16.5 Å². The number of rotatable bonds is 4. The zero-order valence-corrected chi connectivity index (χ0v) is 16.6. The lowest BCUT2D eigenvalue weighted by atomic mass is 9.81. The fourth-order valence-corrected chi connectivity index (χ4v) is 5.51. The van der Waals surface area contributed by atoms with Crippen LogP contribution in [0.2, 0.25) is 5.02 Å². The molecule has 1 heterocycles. The van der Waals surface area contributed by atoms with Crippen LogP contribution in [0.15, 0.2) is 58.5 Å². The monoisotopic (exact) mass is 404 g/mol. The highest BCUT2D eigenvalue weighted by Gasteiger charge is 2.44. The molecule has 2 atom stereocenters. The number of methoxy groups -OCH3 is 1. The second kappa shape index (κ2) is 7.17. The fraction of sp³-hybridized carbons (Fsp3) is 0.350. The van der Waals surface area contributed by atoms with Crippen molar-refractivity contribution in [2.24, 2.45) is 11.0 Å². The molecular weight excluding hydrogens is 384 g/mol. The Morgan fingerprint density at radius 3 is 2.44 bits per heavy atom. The summed E-state index contributed by atoms with van der Waals surface area (Å²) in [6, 6.07) is 13.5. The molecule has 1 saturated carbocycles. The maximum Gasteiger partial charge on any atom is 0.279 e. The van der Waals surface area contributed by atoms with Crippen molar-refractivity contribution in [2.75, 3.05) is 7.11 Å². The second-order valence-corrected chi connectivity index (χ2v) is 9.13. The highest BCUT2D eigenvalue weighted by atomic mass is 35.5. The van der Waals surface area contributed by atoms with Crippen molar-refractivity contribution in [3.05, 3.63) is 59.1 Å². The van der Waals surface area contributed by atoms with Crippen molar-refractivity contribution < 1.29 is 13.2 Å². The van der Waals surface area contributed by atoms with Gasteiger partial charge in [0.25, 0.3) is 10.0 Å². The summed E-state index contributed by atoms with van der Waals surface area (Å²) < 4.78 is 33.2. The van der Waals surface area contributed by atoms with Crippen LogP contribution < -0.4 is 4.74 Å². The lowest BCUT2D eigenvalue weighted by Crippen LogP contribution is -2.31. The molecule has 2 aromatic rings. The molecule has 142 valence electrons. The van der Waals surface area contributed by atoms with Crippen molar-refractivity contribution in [3.8, 4) is 5.75 Å². The SMILES string of the molecule is COc1ccc(C2C3CCCCC3=NN2S(=O)(=O)c2ccc(Cl)cc2)cc1. The van der Waals surface area contributed by atoms with Gasteiger partial charge in [0, 0.05) is 16.7 Å². The van der Waals surface area contributed by atoms with Crippen LogP contribution in [0.3, 0.4) is 0 Å². The van der Waals surface area contributed by atoms with Gasteiger partial charge in [-0.05, 0) is 61.2 Å². The molecule has 0 aromatic heterocycles. The molecular formula is C20H21ClN2O3S. The fourth-order valence-electron chi connectivity index (χ4n) is 3.91. The molecule has 0 N–H and O–H groups in total. The molecule has 1 fully saturated rings.